The fraction of sp³-hybridized carbons (Fsp3) is 0.354. The second kappa shape index (κ2) is 25.6. The first-order valence-corrected chi connectivity index (χ1v) is 21.1. The quantitative estimate of drug-likeness (QED) is 0.0116. The number of nitrogens with zero attached hydrogens (tertiary/aromatic N) is 2. The lowest BCUT2D eigenvalue weighted by Gasteiger charge is -2.25. The summed E-state index contributed by atoms with van der Waals surface area (Å²) in [6.45, 7) is 13.2. The molecule has 11 nitrogen and oxygen atoms in total. The first-order valence-electron chi connectivity index (χ1n) is 20.3. The van der Waals surface area contributed by atoms with Crippen LogP contribution in [0.4, 0.5) is 5.13 Å². The molecule has 0 bridgehead atoms. The van der Waals surface area contributed by atoms with Gasteiger partial charge in [-0.1, -0.05) is 49.9 Å². The topological polar surface area (TPSA) is 135 Å². The Balaban J connectivity index is 1.38. The number of carbonyl (C=O) groups excluding carboxylic acids is 3. The maximum Gasteiger partial charge on any atom is 0.330 e. The van der Waals surface area contributed by atoms with Crippen molar-refractivity contribution in [3.05, 3.63) is 131 Å². The van der Waals surface area contributed by atoms with Crippen LogP contribution < -0.4 is 14.9 Å². The number of hydrazone groups is 1. The molecule has 3 aromatic rings. The number of thiazole rings is 1. The summed E-state index contributed by atoms with van der Waals surface area (Å²) in [7, 11) is 1.71. The Bertz CT molecular complexity index is 2050. The minimum Gasteiger partial charge on any atom is -0.494 e. The number of rotatable bonds is 27. The number of hydrogen-bond donors (Lipinski definition) is 1. The van der Waals surface area contributed by atoms with Gasteiger partial charge in [0.2, 0.25) is 5.13 Å². The summed E-state index contributed by atoms with van der Waals surface area (Å²) in [6, 6.07) is 12.3. The highest BCUT2D eigenvalue weighted by Crippen LogP contribution is 2.32. The van der Waals surface area contributed by atoms with Crippen molar-refractivity contribution in [3.8, 4) is 11.5 Å². The molecule has 1 atom stereocenters. The second-order valence-electron chi connectivity index (χ2n) is 14.3. The maximum absolute atomic E-state index is 13.5. The molecule has 0 amide bonds. The smallest absolute Gasteiger partial charge is 0.330 e. The lowest BCUT2D eigenvalue weighted by Crippen LogP contribution is -2.31. The molecule has 1 heterocycles. The number of unbranched alkanes of at least 4 members (excludes halogenated alkanes) is 6. The van der Waals surface area contributed by atoms with Crippen LogP contribution in [0.2, 0.25) is 0 Å². The minimum absolute atomic E-state index is 0.174. The molecule has 1 aliphatic rings. The van der Waals surface area contributed by atoms with E-state index in [4.69, 9.17) is 23.7 Å². The van der Waals surface area contributed by atoms with Crippen molar-refractivity contribution in [2.24, 2.45) is 10.5 Å². The molecule has 0 saturated heterocycles. The number of carbonyl (C=O) groups is 3. The first-order chi connectivity index (χ1) is 29.1. The van der Waals surface area contributed by atoms with E-state index in [0.29, 0.717) is 59.6 Å². The Morgan fingerprint density at radius 3 is 2.27 bits per heavy atom. The number of aromatic nitrogens is 1. The zero-order valence-corrected chi connectivity index (χ0v) is 35.8. The molecule has 318 valence electrons. The van der Waals surface area contributed by atoms with Crippen molar-refractivity contribution in [3.63, 3.8) is 0 Å². The predicted octanol–water partition coefficient (Wildman–Crippen LogP) is 10.6. The number of hydrogen-bond acceptors (Lipinski definition) is 12. The normalized spacial score (nSPS) is 14.9. The first kappa shape index (κ1) is 46.8. The second-order valence-corrected chi connectivity index (χ2v) is 15.5. The van der Waals surface area contributed by atoms with E-state index in [1.165, 1.54) is 17.4 Å². The van der Waals surface area contributed by atoms with Gasteiger partial charge in [0.1, 0.15) is 17.3 Å². The molecule has 0 fully saturated rings. The molecule has 1 aromatic heterocycles. The third kappa shape index (κ3) is 16.1. The van der Waals surface area contributed by atoms with E-state index in [1.54, 1.807) is 61.9 Å². The van der Waals surface area contributed by atoms with Gasteiger partial charge in [0.25, 0.3) is 0 Å². The van der Waals surface area contributed by atoms with Crippen LogP contribution >= 0.6 is 11.3 Å². The van der Waals surface area contributed by atoms with Gasteiger partial charge in [0.15, 0.2) is 5.78 Å². The van der Waals surface area contributed by atoms with E-state index in [1.807, 2.05) is 50.3 Å². The van der Waals surface area contributed by atoms with Crippen LogP contribution in [-0.4, -0.2) is 62.5 Å². The SMILES string of the molecule is C=C/C=C\c1nc(N/N=C/c2cc(OC(=O)C3(C)C=CC(OCCCCCCOC(=O)C=C)=CC3)ccc2/C=C\C(=O)c2ccc(OCCCCCCOC)cc2)sc1C. The van der Waals surface area contributed by atoms with Gasteiger partial charge in [-0.05, 0) is 131 Å². The van der Waals surface area contributed by atoms with Gasteiger partial charge in [0.05, 0.1) is 37.1 Å². The van der Waals surface area contributed by atoms with Crippen molar-refractivity contribution < 1.29 is 38.1 Å². The standard InChI is InChI=1S/C48H57N3O8S/c1-6-8-17-43-36(3)60-47(50-43)51-49-35-39-34-42(59-46(54)48(4)28-26-41(27-29-48)57-32-15-11-12-16-33-58-45(53)7-2)24-18-37(39)21-25-44(52)38-19-22-40(23-20-38)56-31-14-10-9-13-30-55-5/h6-8,17-28,34-35H,1-2,9-16,29-33H2,3-5H3,(H,50,51)/b17-8-,25-21-,49-35+. The molecule has 60 heavy (non-hydrogen) atoms. The molecule has 1 N–H and O–H groups in total. The van der Waals surface area contributed by atoms with Gasteiger partial charge in [-0.25, -0.2) is 9.78 Å². The zero-order chi connectivity index (χ0) is 43.0. The molecular weight excluding hydrogens is 779 g/mol. The number of methoxy groups -OCH3 is 1. The Morgan fingerprint density at radius 2 is 1.58 bits per heavy atom. The number of nitrogens with one attached hydrogen (secondary N) is 1. The van der Waals surface area contributed by atoms with E-state index >= 15 is 0 Å². The predicted molar refractivity (Wildman–Crippen MR) is 241 cm³/mol. The number of allylic oxidation sites excluding steroid dienone is 5. The van der Waals surface area contributed by atoms with Gasteiger partial charge in [-0.3, -0.25) is 15.0 Å². The summed E-state index contributed by atoms with van der Waals surface area (Å²) in [5.41, 5.74) is 4.74. The van der Waals surface area contributed by atoms with Crippen LogP contribution in [-0.2, 0) is 23.8 Å². The van der Waals surface area contributed by atoms with E-state index < -0.39 is 17.4 Å². The number of aryl methyl sites for hydroxylation is 1. The molecular formula is C48H57N3O8S. The molecule has 1 aliphatic carbocycles. The summed E-state index contributed by atoms with van der Waals surface area (Å²) in [6.07, 6.45) is 25.0. The van der Waals surface area contributed by atoms with Crippen LogP contribution in [0.1, 0.15) is 96.8 Å². The highest BCUT2D eigenvalue weighted by molar-refractivity contribution is 7.15. The maximum atomic E-state index is 13.5. The van der Waals surface area contributed by atoms with E-state index in [0.717, 1.165) is 80.4 Å². The van der Waals surface area contributed by atoms with Gasteiger partial charge in [-0.2, -0.15) is 5.10 Å². The average molecular weight is 836 g/mol. The fourth-order valence-electron chi connectivity index (χ4n) is 5.85. The number of benzene rings is 2. The van der Waals surface area contributed by atoms with Crippen LogP contribution in [0, 0.1) is 12.3 Å². The van der Waals surface area contributed by atoms with Gasteiger partial charge in [0, 0.05) is 35.8 Å². The van der Waals surface area contributed by atoms with Crippen LogP contribution in [0.15, 0.2) is 109 Å². The molecule has 0 saturated carbocycles. The minimum atomic E-state index is -0.901. The van der Waals surface area contributed by atoms with Crippen molar-refractivity contribution in [1.82, 2.24) is 4.98 Å². The zero-order valence-electron chi connectivity index (χ0n) is 35.0. The molecule has 0 radical (unpaired) electrons. The molecule has 12 heteroatoms. The highest BCUT2D eigenvalue weighted by Gasteiger charge is 2.34. The van der Waals surface area contributed by atoms with Crippen molar-refractivity contribution >= 4 is 52.6 Å². The van der Waals surface area contributed by atoms with Crippen molar-refractivity contribution in [2.75, 3.05) is 39.0 Å². The molecule has 0 spiro atoms. The van der Waals surface area contributed by atoms with E-state index in [-0.39, 0.29) is 5.78 Å². The molecule has 2 aromatic carbocycles. The lowest BCUT2D eigenvalue weighted by molar-refractivity contribution is -0.142. The number of anilines is 1. The number of ketones is 1. The molecule has 4 rings (SSSR count). The van der Waals surface area contributed by atoms with E-state index in [9.17, 15) is 14.4 Å². The Kier molecular flexibility index (Phi) is 20.0. The Labute approximate surface area is 358 Å². The summed E-state index contributed by atoms with van der Waals surface area (Å²) >= 11 is 1.46. The lowest BCUT2D eigenvalue weighted by atomic mass is 9.83. The molecule has 0 aliphatic heterocycles. The molecule has 1 unspecified atom stereocenters. The van der Waals surface area contributed by atoms with Gasteiger partial charge < -0.3 is 23.7 Å². The largest absolute Gasteiger partial charge is 0.494 e. The summed E-state index contributed by atoms with van der Waals surface area (Å²) in [4.78, 5) is 43.5. The summed E-state index contributed by atoms with van der Waals surface area (Å²) in [5.74, 6) is 0.762. The Hall–Kier alpha value is -5.85. The summed E-state index contributed by atoms with van der Waals surface area (Å²) in [5, 5.41) is 5.04. The van der Waals surface area contributed by atoms with Crippen LogP contribution in [0.3, 0.4) is 0 Å². The summed E-state index contributed by atoms with van der Waals surface area (Å²) < 4.78 is 27.8. The highest BCUT2D eigenvalue weighted by atomic mass is 32.1. The number of esters is 2. The van der Waals surface area contributed by atoms with E-state index in [2.05, 4.69) is 28.7 Å². The Morgan fingerprint density at radius 1 is 0.883 bits per heavy atom. The third-order valence-corrected chi connectivity index (χ3v) is 10.3. The average Bonchev–Trinajstić information content (AvgIpc) is 3.61. The van der Waals surface area contributed by atoms with Crippen molar-refractivity contribution in [2.45, 2.75) is 71.6 Å². The van der Waals surface area contributed by atoms with Crippen molar-refractivity contribution in [1.29, 1.82) is 0 Å². The van der Waals surface area contributed by atoms with Gasteiger partial charge >= 0.3 is 11.9 Å². The van der Waals surface area contributed by atoms with Crippen LogP contribution in [0.25, 0.3) is 12.2 Å². The van der Waals surface area contributed by atoms with Crippen LogP contribution in [0.5, 0.6) is 11.5 Å². The fourth-order valence-corrected chi connectivity index (χ4v) is 6.60. The van der Waals surface area contributed by atoms with Gasteiger partial charge in [-0.15, -0.1) is 11.3 Å². The number of ether oxygens (including phenoxy) is 5. The third-order valence-electron chi connectivity index (χ3n) is 9.45. The monoisotopic (exact) mass is 835 g/mol.